The average molecular weight is 275 g/mol. The highest BCUT2D eigenvalue weighted by Crippen LogP contribution is 2.14. The van der Waals surface area contributed by atoms with Crippen molar-refractivity contribution in [2.24, 2.45) is 0 Å². The lowest BCUT2D eigenvalue weighted by molar-refractivity contribution is -0.137. The van der Waals surface area contributed by atoms with Crippen LogP contribution < -0.4 is 10.5 Å². The summed E-state index contributed by atoms with van der Waals surface area (Å²) in [5, 5.41) is 2.98. The smallest absolute Gasteiger partial charge is 0.347 e. The summed E-state index contributed by atoms with van der Waals surface area (Å²) in [6, 6.07) is 9.62. The van der Waals surface area contributed by atoms with Crippen LogP contribution >= 0.6 is 0 Å². The Labute approximate surface area is 105 Å². The fraction of sp³-hybridized carbons (Fsp3) is 0.417. The molecule has 0 aliphatic rings. The summed E-state index contributed by atoms with van der Waals surface area (Å²) in [5.74, 6) is -0.534. The molecular weight excluding hydrogens is 259 g/mol. The number of halogens is 3. The molecule has 1 amide bonds. The molecule has 6 heteroatoms. The van der Waals surface area contributed by atoms with Gasteiger partial charge in [0.1, 0.15) is 6.54 Å². The highest BCUT2D eigenvalue weighted by Gasteiger charge is 2.30. The molecule has 0 aliphatic carbocycles. The summed E-state index contributed by atoms with van der Waals surface area (Å²) < 4.78 is 35.9. The number of benzene rings is 1. The largest absolute Gasteiger partial charge is 0.405 e. The average Bonchev–Trinajstić information content (AvgIpc) is 2.26. The summed E-state index contributed by atoms with van der Waals surface area (Å²) in [6.07, 6.45) is -4.35. The fourth-order valence-electron chi connectivity index (χ4n) is 1.65. The summed E-state index contributed by atoms with van der Waals surface area (Å²) >= 11 is 0. The predicted octanol–water partition coefficient (Wildman–Crippen LogP) is 2.28. The summed E-state index contributed by atoms with van der Waals surface area (Å²) in [4.78, 5) is 11.5. The Kier molecular flexibility index (Phi) is 4.56. The Bertz CT molecular complexity index is 404. The van der Waals surface area contributed by atoms with Crippen LogP contribution in [0.4, 0.5) is 13.2 Å². The molecule has 0 radical (unpaired) electrons. The van der Waals surface area contributed by atoms with Gasteiger partial charge in [-0.15, -0.1) is 0 Å². The molecule has 1 aromatic rings. The topological polar surface area (TPSA) is 29.1 Å². The standard InChI is InChI=1S/C12H16F3NOSi/c1-18(2,10-6-4-3-5-7-10)8-11(17)16-9-12(13,14)15/h3-7H,8-9H2,1-2H3,(H,16,17). The van der Waals surface area contributed by atoms with E-state index in [1.165, 1.54) is 0 Å². The molecule has 0 unspecified atom stereocenters. The Hall–Kier alpha value is -1.30. The number of hydrogen-bond acceptors (Lipinski definition) is 1. The van der Waals surface area contributed by atoms with Crippen LogP contribution in [0.25, 0.3) is 0 Å². The Morgan fingerprint density at radius 1 is 1.22 bits per heavy atom. The van der Waals surface area contributed by atoms with Crippen molar-refractivity contribution in [2.45, 2.75) is 25.3 Å². The molecule has 0 fully saturated rings. The highest BCUT2D eigenvalue weighted by atomic mass is 28.3. The number of carbonyl (C=O) groups excluding carboxylic acids is 1. The Morgan fingerprint density at radius 3 is 2.28 bits per heavy atom. The van der Waals surface area contributed by atoms with Crippen LogP contribution in [0.2, 0.25) is 19.1 Å². The van der Waals surface area contributed by atoms with Gasteiger partial charge in [-0.3, -0.25) is 4.79 Å². The van der Waals surface area contributed by atoms with E-state index in [1.807, 2.05) is 48.7 Å². The monoisotopic (exact) mass is 275 g/mol. The first-order valence-electron chi connectivity index (χ1n) is 5.60. The van der Waals surface area contributed by atoms with E-state index in [0.717, 1.165) is 5.19 Å². The lowest BCUT2D eigenvalue weighted by Gasteiger charge is -2.22. The van der Waals surface area contributed by atoms with Crippen molar-refractivity contribution >= 4 is 19.2 Å². The van der Waals surface area contributed by atoms with Gasteiger partial charge < -0.3 is 5.32 Å². The molecule has 1 rings (SSSR count). The minimum absolute atomic E-state index is 0.160. The molecule has 0 bridgehead atoms. The van der Waals surface area contributed by atoms with E-state index in [2.05, 4.69) is 0 Å². The zero-order valence-corrected chi connectivity index (χ0v) is 11.3. The quantitative estimate of drug-likeness (QED) is 0.839. The van der Waals surface area contributed by atoms with Gasteiger partial charge in [0.05, 0.1) is 8.07 Å². The van der Waals surface area contributed by atoms with E-state index in [-0.39, 0.29) is 6.04 Å². The number of alkyl halides is 3. The second-order valence-corrected chi connectivity index (χ2v) is 9.52. The van der Waals surface area contributed by atoms with Crippen LogP contribution in [0, 0.1) is 0 Å². The summed E-state index contributed by atoms with van der Waals surface area (Å²) in [6.45, 7) is 2.68. The minimum atomic E-state index is -4.35. The van der Waals surface area contributed by atoms with Gasteiger partial charge in [0, 0.05) is 6.04 Å². The molecular formula is C12H16F3NOSi. The van der Waals surface area contributed by atoms with Crippen molar-refractivity contribution in [3.63, 3.8) is 0 Å². The second kappa shape index (κ2) is 5.56. The highest BCUT2D eigenvalue weighted by molar-refractivity contribution is 6.91. The third-order valence-electron chi connectivity index (χ3n) is 2.64. The Balaban J connectivity index is 2.58. The first kappa shape index (κ1) is 14.8. The van der Waals surface area contributed by atoms with Crippen molar-refractivity contribution in [1.29, 1.82) is 0 Å². The maximum Gasteiger partial charge on any atom is 0.405 e. The molecule has 2 nitrogen and oxygen atoms in total. The molecule has 0 saturated heterocycles. The van der Waals surface area contributed by atoms with E-state index in [4.69, 9.17) is 0 Å². The van der Waals surface area contributed by atoms with Crippen molar-refractivity contribution in [2.75, 3.05) is 6.54 Å². The van der Waals surface area contributed by atoms with E-state index in [0.29, 0.717) is 0 Å². The van der Waals surface area contributed by atoms with Gasteiger partial charge in [0.15, 0.2) is 0 Å². The van der Waals surface area contributed by atoms with Gasteiger partial charge in [-0.2, -0.15) is 13.2 Å². The predicted molar refractivity (Wildman–Crippen MR) is 67.4 cm³/mol. The third kappa shape index (κ3) is 4.91. The minimum Gasteiger partial charge on any atom is -0.347 e. The molecule has 100 valence electrons. The third-order valence-corrected chi connectivity index (χ3v) is 5.75. The van der Waals surface area contributed by atoms with Gasteiger partial charge in [-0.05, 0) is 0 Å². The van der Waals surface area contributed by atoms with Gasteiger partial charge in [0.2, 0.25) is 5.91 Å². The molecule has 1 N–H and O–H groups in total. The number of hydrogen-bond donors (Lipinski definition) is 1. The SMILES string of the molecule is C[Si](C)(CC(=O)NCC(F)(F)F)c1ccccc1. The number of nitrogens with one attached hydrogen (secondary N) is 1. The molecule has 1 aromatic carbocycles. The normalized spacial score (nSPS) is 12.3. The molecule has 0 aromatic heterocycles. The first-order valence-corrected chi connectivity index (χ1v) is 8.80. The van der Waals surface area contributed by atoms with Crippen molar-refractivity contribution in [3.05, 3.63) is 30.3 Å². The maximum absolute atomic E-state index is 12.0. The van der Waals surface area contributed by atoms with Gasteiger partial charge in [-0.1, -0.05) is 48.6 Å². The fourth-order valence-corrected chi connectivity index (χ4v) is 3.88. The lowest BCUT2D eigenvalue weighted by Crippen LogP contribution is -2.46. The van der Waals surface area contributed by atoms with Gasteiger partial charge in [-0.25, -0.2) is 0 Å². The zero-order chi connectivity index (χ0) is 13.8. The maximum atomic E-state index is 12.0. The van der Waals surface area contributed by atoms with Crippen LogP contribution in [0.15, 0.2) is 30.3 Å². The summed E-state index contributed by atoms with van der Waals surface area (Å²) in [5.41, 5.74) is 0. The molecule has 0 heterocycles. The van der Waals surface area contributed by atoms with Crippen molar-refractivity contribution in [1.82, 2.24) is 5.32 Å². The zero-order valence-electron chi connectivity index (χ0n) is 10.3. The van der Waals surface area contributed by atoms with Crippen LogP contribution in [0.5, 0.6) is 0 Å². The first-order chi connectivity index (χ1) is 8.21. The Morgan fingerprint density at radius 2 is 1.78 bits per heavy atom. The second-order valence-electron chi connectivity index (χ2n) is 4.82. The lowest BCUT2D eigenvalue weighted by atomic mass is 10.4. The van der Waals surface area contributed by atoms with E-state index in [1.54, 1.807) is 0 Å². The van der Waals surface area contributed by atoms with Crippen molar-refractivity contribution < 1.29 is 18.0 Å². The van der Waals surface area contributed by atoms with Crippen LogP contribution in [-0.4, -0.2) is 26.7 Å². The molecule has 0 aliphatic heterocycles. The van der Waals surface area contributed by atoms with Crippen molar-refractivity contribution in [3.8, 4) is 0 Å². The van der Waals surface area contributed by atoms with Gasteiger partial charge >= 0.3 is 6.18 Å². The van der Waals surface area contributed by atoms with Crippen LogP contribution in [-0.2, 0) is 4.79 Å². The summed E-state index contributed by atoms with van der Waals surface area (Å²) in [7, 11) is -2.02. The molecule has 18 heavy (non-hydrogen) atoms. The molecule has 0 saturated carbocycles. The molecule has 0 spiro atoms. The van der Waals surface area contributed by atoms with Gasteiger partial charge in [0.25, 0.3) is 0 Å². The van der Waals surface area contributed by atoms with E-state index in [9.17, 15) is 18.0 Å². The number of rotatable bonds is 4. The van der Waals surface area contributed by atoms with Crippen LogP contribution in [0.3, 0.4) is 0 Å². The van der Waals surface area contributed by atoms with E-state index < -0.39 is 26.7 Å². The number of amides is 1. The molecule has 0 atom stereocenters. The van der Waals surface area contributed by atoms with E-state index >= 15 is 0 Å². The van der Waals surface area contributed by atoms with Crippen LogP contribution in [0.1, 0.15) is 0 Å². The number of carbonyl (C=O) groups is 1.